The Balaban J connectivity index is 1.74. The lowest BCUT2D eigenvalue weighted by atomic mass is 10.2. The van der Waals surface area contributed by atoms with Crippen molar-refractivity contribution in [2.75, 3.05) is 0 Å². The van der Waals surface area contributed by atoms with E-state index in [2.05, 4.69) is 25.6 Å². The van der Waals surface area contributed by atoms with Gasteiger partial charge in [-0.3, -0.25) is 14.6 Å². The van der Waals surface area contributed by atoms with Crippen LogP contribution in [0.5, 0.6) is 0 Å². The van der Waals surface area contributed by atoms with Crippen LogP contribution in [0.15, 0.2) is 47.5 Å². The van der Waals surface area contributed by atoms with Crippen molar-refractivity contribution in [3.8, 4) is 0 Å². The Labute approximate surface area is 139 Å². The molecule has 25 heavy (non-hydrogen) atoms. The maximum Gasteiger partial charge on any atom is 0.277 e. The van der Waals surface area contributed by atoms with Gasteiger partial charge in [0.2, 0.25) is 0 Å². The fourth-order valence-corrected chi connectivity index (χ4v) is 2.55. The van der Waals surface area contributed by atoms with Crippen LogP contribution in [0.3, 0.4) is 0 Å². The van der Waals surface area contributed by atoms with Crippen molar-refractivity contribution in [3.63, 3.8) is 0 Å². The third-order valence-corrected chi connectivity index (χ3v) is 3.71. The summed E-state index contributed by atoms with van der Waals surface area (Å²) in [6, 6.07) is 7.44. The van der Waals surface area contributed by atoms with E-state index >= 15 is 0 Å². The molecule has 124 valence electrons. The van der Waals surface area contributed by atoms with Gasteiger partial charge in [-0.2, -0.15) is 0 Å². The molecule has 0 unspecified atom stereocenters. The number of hydrogen-bond acceptors (Lipinski definition) is 5. The SMILES string of the molecule is O=C(NCc1cccnc1)c1nnn2c1c(=O)[nH]c1cc(F)ccc12. The molecular weight excluding hydrogens is 327 g/mol. The number of carbonyl (C=O) groups excluding carboxylic acids is 1. The molecule has 0 aliphatic heterocycles. The Hall–Kier alpha value is -3.62. The molecule has 0 saturated carbocycles. The smallest absolute Gasteiger partial charge is 0.277 e. The number of H-pyrrole nitrogens is 1. The number of aromatic nitrogens is 5. The first kappa shape index (κ1) is 14.9. The van der Waals surface area contributed by atoms with Gasteiger partial charge in [-0.15, -0.1) is 5.10 Å². The molecule has 3 heterocycles. The van der Waals surface area contributed by atoms with Crippen LogP contribution in [0, 0.1) is 5.82 Å². The fraction of sp³-hybridized carbons (Fsp3) is 0.0625. The van der Waals surface area contributed by atoms with Crippen LogP contribution < -0.4 is 10.9 Å². The van der Waals surface area contributed by atoms with Gasteiger partial charge in [0.15, 0.2) is 11.2 Å². The molecule has 0 aliphatic rings. The zero-order chi connectivity index (χ0) is 17.4. The number of fused-ring (bicyclic) bond motifs is 3. The minimum Gasteiger partial charge on any atom is -0.346 e. The molecule has 9 heteroatoms. The van der Waals surface area contributed by atoms with E-state index in [1.54, 1.807) is 18.5 Å². The summed E-state index contributed by atoms with van der Waals surface area (Å²) in [6.07, 6.45) is 3.25. The van der Waals surface area contributed by atoms with Crippen LogP contribution in [-0.4, -0.2) is 30.7 Å². The number of carbonyl (C=O) groups is 1. The lowest BCUT2D eigenvalue weighted by Gasteiger charge is -2.03. The summed E-state index contributed by atoms with van der Waals surface area (Å²) in [7, 11) is 0. The zero-order valence-electron chi connectivity index (χ0n) is 12.7. The van der Waals surface area contributed by atoms with E-state index in [-0.39, 0.29) is 23.3 Å². The summed E-state index contributed by atoms with van der Waals surface area (Å²) in [5, 5.41) is 10.3. The summed E-state index contributed by atoms with van der Waals surface area (Å²) in [4.78, 5) is 31.2. The molecule has 4 aromatic rings. The van der Waals surface area contributed by atoms with Gasteiger partial charge in [0.1, 0.15) is 5.82 Å². The number of aromatic amines is 1. The molecule has 8 nitrogen and oxygen atoms in total. The maximum atomic E-state index is 13.3. The summed E-state index contributed by atoms with van der Waals surface area (Å²) in [5.74, 6) is -1.03. The average molecular weight is 338 g/mol. The Kier molecular flexibility index (Phi) is 3.46. The van der Waals surface area contributed by atoms with Gasteiger partial charge in [-0.1, -0.05) is 11.3 Å². The van der Waals surface area contributed by atoms with Crippen molar-refractivity contribution in [1.82, 2.24) is 30.1 Å². The van der Waals surface area contributed by atoms with Crippen molar-refractivity contribution < 1.29 is 9.18 Å². The molecule has 0 spiro atoms. The van der Waals surface area contributed by atoms with E-state index in [0.717, 1.165) is 5.56 Å². The fourth-order valence-electron chi connectivity index (χ4n) is 2.55. The summed E-state index contributed by atoms with van der Waals surface area (Å²) in [6.45, 7) is 0.238. The van der Waals surface area contributed by atoms with E-state index in [9.17, 15) is 14.0 Å². The molecule has 0 saturated heterocycles. The highest BCUT2D eigenvalue weighted by Crippen LogP contribution is 2.14. The van der Waals surface area contributed by atoms with Crippen LogP contribution in [-0.2, 0) is 6.54 Å². The number of rotatable bonds is 3. The van der Waals surface area contributed by atoms with Gasteiger partial charge >= 0.3 is 0 Å². The van der Waals surface area contributed by atoms with Gasteiger partial charge in [0, 0.05) is 18.9 Å². The van der Waals surface area contributed by atoms with Crippen LogP contribution in [0.25, 0.3) is 16.6 Å². The molecule has 0 atom stereocenters. The summed E-state index contributed by atoms with van der Waals surface area (Å²) < 4.78 is 14.6. The first-order valence-electron chi connectivity index (χ1n) is 7.37. The molecule has 0 radical (unpaired) electrons. The molecule has 0 aliphatic carbocycles. The molecule has 4 rings (SSSR count). The van der Waals surface area contributed by atoms with Crippen LogP contribution >= 0.6 is 0 Å². The third-order valence-electron chi connectivity index (χ3n) is 3.71. The second kappa shape index (κ2) is 5.78. The zero-order valence-corrected chi connectivity index (χ0v) is 12.7. The van der Waals surface area contributed by atoms with Crippen molar-refractivity contribution in [3.05, 3.63) is 70.2 Å². The van der Waals surface area contributed by atoms with E-state index in [1.165, 1.54) is 22.7 Å². The molecular formula is C16H11FN6O2. The molecule has 3 aromatic heterocycles. The largest absolute Gasteiger partial charge is 0.346 e. The number of pyridine rings is 1. The van der Waals surface area contributed by atoms with E-state index in [1.807, 2.05) is 6.07 Å². The van der Waals surface area contributed by atoms with E-state index in [0.29, 0.717) is 5.52 Å². The van der Waals surface area contributed by atoms with Crippen molar-refractivity contribution in [2.45, 2.75) is 6.54 Å². The van der Waals surface area contributed by atoms with E-state index < -0.39 is 17.3 Å². The predicted octanol–water partition coefficient (Wildman–Crippen LogP) is 1.03. The van der Waals surface area contributed by atoms with Gasteiger partial charge in [0.25, 0.3) is 11.5 Å². The van der Waals surface area contributed by atoms with Crippen molar-refractivity contribution >= 4 is 22.5 Å². The molecule has 0 bridgehead atoms. The molecule has 0 fully saturated rings. The maximum absolute atomic E-state index is 13.3. The second-order valence-electron chi connectivity index (χ2n) is 5.36. The topological polar surface area (TPSA) is 105 Å². The minimum absolute atomic E-state index is 0.00259. The predicted molar refractivity (Wildman–Crippen MR) is 86.5 cm³/mol. The molecule has 2 N–H and O–H groups in total. The monoisotopic (exact) mass is 338 g/mol. The van der Waals surface area contributed by atoms with Crippen LogP contribution in [0.4, 0.5) is 4.39 Å². The summed E-state index contributed by atoms with van der Waals surface area (Å²) >= 11 is 0. The van der Waals surface area contributed by atoms with Crippen LogP contribution in [0.2, 0.25) is 0 Å². The van der Waals surface area contributed by atoms with Gasteiger partial charge in [-0.25, -0.2) is 8.91 Å². The highest BCUT2D eigenvalue weighted by atomic mass is 19.1. The average Bonchev–Trinajstić information content (AvgIpc) is 3.06. The van der Waals surface area contributed by atoms with Crippen LogP contribution in [0.1, 0.15) is 16.1 Å². The molecule has 1 amide bonds. The van der Waals surface area contributed by atoms with Gasteiger partial charge in [0.05, 0.1) is 11.0 Å². The Morgan fingerprint density at radius 1 is 1.32 bits per heavy atom. The normalized spacial score (nSPS) is 11.1. The number of nitrogens with one attached hydrogen (secondary N) is 2. The number of halogens is 1. The quantitative estimate of drug-likeness (QED) is 0.580. The Bertz CT molecular complexity index is 1150. The number of amides is 1. The standard InChI is InChI=1S/C16H11FN6O2/c17-10-3-4-12-11(6-10)20-16(25)14-13(21-22-23(12)14)15(24)19-8-9-2-1-5-18-7-9/h1-7H,8H2,(H,19,24)(H,20,25). The second-order valence-corrected chi connectivity index (χ2v) is 5.36. The first-order chi connectivity index (χ1) is 12.1. The van der Waals surface area contributed by atoms with Gasteiger partial charge < -0.3 is 10.3 Å². The highest BCUT2D eigenvalue weighted by molar-refractivity contribution is 5.99. The van der Waals surface area contributed by atoms with E-state index in [4.69, 9.17) is 0 Å². The number of hydrogen-bond donors (Lipinski definition) is 2. The number of nitrogens with zero attached hydrogens (tertiary/aromatic N) is 4. The highest BCUT2D eigenvalue weighted by Gasteiger charge is 2.19. The third kappa shape index (κ3) is 2.61. The van der Waals surface area contributed by atoms with Gasteiger partial charge in [-0.05, 0) is 29.8 Å². The lowest BCUT2D eigenvalue weighted by molar-refractivity contribution is 0.0947. The van der Waals surface area contributed by atoms with Crippen molar-refractivity contribution in [1.29, 1.82) is 0 Å². The minimum atomic E-state index is -0.574. The first-order valence-corrected chi connectivity index (χ1v) is 7.37. The van der Waals surface area contributed by atoms with Crippen molar-refractivity contribution in [2.24, 2.45) is 0 Å². The number of benzene rings is 1. The molecule has 1 aromatic carbocycles. The Morgan fingerprint density at radius 3 is 3.00 bits per heavy atom. The Morgan fingerprint density at radius 2 is 2.20 bits per heavy atom. The lowest BCUT2D eigenvalue weighted by Crippen LogP contribution is -2.25. The summed E-state index contributed by atoms with van der Waals surface area (Å²) in [5.41, 5.74) is 0.843.